The molecule has 1 fully saturated rings. The molecule has 152 valence electrons. The fraction of sp³-hybridized carbons (Fsp3) is 0.579. The minimum Gasteiger partial charge on any atom is -0.444 e. The highest BCUT2D eigenvalue weighted by Gasteiger charge is 2.56. The van der Waals surface area contributed by atoms with E-state index in [1.165, 1.54) is 17.8 Å². The van der Waals surface area contributed by atoms with E-state index < -0.39 is 28.0 Å². The van der Waals surface area contributed by atoms with Gasteiger partial charge in [0.1, 0.15) is 11.4 Å². The third-order valence-electron chi connectivity index (χ3n) is 5.30. The number of non-ortho nitro benzene ring substituents is 1. The number of carbonyl (C=O) groups excluding carboxylic acids is 1. The maximum Gasteiger partial charge on any atom is 0.413 e. The molecule has 28 heavy (non-hydrogen) atoms. The summed E-state index contributed by atoms with van der Waals surface area (Å²) in [5.74, 6) is 0.0926. The van der Waals surface area contributed by atoms with Crippen molar-refractivity contribution in [2.75, 3.05) is 5.75 Å². The van der Waals surface area contributed by atoms with E-state index in [1.54, 1.807) is 20.8 Å². The molecule has 7 nitrogen and oxygen atoms in total. The van der Waals surface area contributed by atoms with Crippen molar-refractivity contribution >= 4 is 28.7 Å². The quantitative estimate of drug-likeness (QED) is 0.562. The van der Waals surface area contributed by atoms with Crippen LogP contribution in [0.1, 0.15) is 52.5 Å². The molecule has 1 aliphatic heterocycles. The lowest BCUT2D eigenvalue weighted by atomic mass is 9.70. The molecule has 0 radical (unpaired) electrons. The van der Waals surface area contributed by atoms with Crippen LogP contribution in [0.15, 0.2) is 23.2 Å². The Labute approximate surface area is 167 Å². The second kappa shape index (κ2) is 7.02. The average molecular weight is 409 g/mol. The number of nitro benzene ring substituents is 1. The lowest BCUT2D eigenvalue weighted by molar-refractivity contribution is -0.385. The van der Waals surface area contributed by atoms with Gasteiger partial charge >= 0.3 is 6.09 Å². The highest BCUT2D eigenvalue weighted by atomic mass is 32.2. The molecule has 0 spiro atoms. The van der Waals surface area contributed by atoms with Crippen LogP contribution in [0.4, 0.5) is 14.9 Å². The first-order valence-corrected chi connectivity index (χ1v) is 10.1. The Morgan fingerprint density at radius 3 is 2.75 bits per heavy atom. The smallest absolute Gasteiger partial charge is 0.413 e. The number of thioether (sulfide) groups is 1. The van der Waals surface area contributed by atoms with E-state index in [9.17, 15) is 19.3 Å². The Hall–Kier alpha value is -2.16. The number of carbonyl (C=O) groups is 1. The predicted octanol–water partition coefficient (Wildman–Crippen LogP) is 4.75. The standard InChI is InChI=1S/C19H24FN3O4S/c1-17(2,3)27-16(24)21-15-22-19(9-5-8-18(19,4)11-28-15)13-10-12(23(25)26)6-7-14(13)20/h6-7,10H,5,8-9,11H2,1-4H3,(H,21,22,24). The van der Waals surface area contributed by atoms with Gasteiger partial charge in [-0.2, -0.15) is 0 Å². The molecule has 1 saturated carbocycles. The van der Waals surface area contributed by atoms with Gasteiger partial charge in [0.2, 0.25) is 0 Å². The first-order chi connectivity index (χ1) is 13.0. The number of amides is 1. The van der Waals surface area contributed by atoms with Gasteiger partial charge in [-0.15, -0.1) is 0 Å². The summed E-state index contributed by atoms with van der Waals surface area (Å²) >= 11 is 1.38. The molecule has 1 N–H and O–H groups in total. The number of nitro groups is 1. The number of rotatable bonds is 2. The summed E-state index contributed by atoms with van der Waals surface area (Å²) < 4.78 is 20.1. The normalized spacial score (nSPS) is 27.0. The summed E-state index contributed by atoms with van der Waals surface area (Å²) in [6.07, 6.45) is 1.57. The van der Waals surface area contributed by atoms with Gasteiger partial charge in [-0.25, -0.2) is 14.2 Å². The lowest BCUT2D eigenvalue weighted by Gasteiger charge is -2.44. The summed E-state index contributed by atoms with van der Waals surface area (Å²) in [7, 11) is 0. The van der Waals surface area contributed by atoms with Gasteiger partial charge in [-0.05, 0) is 46.1 Å². The van der Waals surface area contributed by atoms with Crippen molar-refractivity contribution in [3.63, 3.8) is 0 Å². The van der Waals surface area contributed by atoms with Gasteiger partial charge in [0.05, 0.1) is 10.5 Å². The minimum atomic E-state index is -0.960. The molecule has 1 aliphatic carbocycles. The first-order valence-electron chi connectivity index (χ1n) is 9.13. The van der Waals surface area contributed by atoms with Crippen molar-refractivity contribution in [2.45, 2.75) is 58.1 Å². The molecular weight excluding hydrogens is 385 g/mol. The topological polar surface area (TPSA) is 93.8 Å². The van der Waals surface area contributed by atoms with E-state index in [0.29, 0.717) is 17.3 Å². The molecule has 2 aliphatic rings. The second-order valence-corrected chi connectivity index (χ2v) is 9.49. The number of fused-ring (bicyclic) bond motifs is 1. The maximum absolute atomic E-state index is 14.8. The van der Waals surface area contributed by atoms with Gasteiger partial charge in [-0.3, -0.25) is 15.4 Å². The van der Waals surface area contributed by atoms with E-state index in [-0.39, 0.29) is 16.7 Å². The lowest BCUT2D eigenvalue weighted by Crippen LogP contribution is -2.47. The number of ether oxygens (including phenoxy) is 1. The number of benzene rings is 1. The summed E-state index contributed by atoms with van der Waals surface area (Å²) in [6, 6.07) is 3.56. The number of alkyl carbamates (subject to hydrolysis) is 1. The monoisotopic (exact) mass is 409 g/mol. The van der Waals surface area contributed by atoms with Crippen molar-refractivity contribution < 1.29 is 18.8 Å². The number of amidine groups is 1. The largest absolute Gasteiger partial charge is 0.444 e. The van der Waals surface area contributed by atoms with Crippen LogP contribution >= 0.6 is 11.8 Å². The van der Waals surface area contributed by atoms with E-state index in [1.807, 2.05) is 6.92 Å². The Balaban J connectivity index is 2.03. The van der Waals surface area contributed by atoms with Crippen molar-refractivity contribution in [2.24, 2.45) is 10.4 Å². The van der Waals surface area contributed by atoms with Gasteiger partial charge in [0.25, 0.3) is 5.69 Å². The number of hydrogen-bond donors (Lipinski definition) is 1. The summed E-state index contributed by atoms with van der Waals surface area (Å²) in [4.78, 5) is 27.6. The van der Waals surface area contributed by atoms with Crippen LogP contribution in [0.25, 0.3) is 0 Å². The van der Waals surface area contributed by atoms with E-state index >= 15 is 0 Å². The van der Waals surface area contributed by atoms with Gasteiger partial charge < -0.3 is 4.74 Å². The number of halogens is 1. The third kappa shape index (κ3) is 3.72. The zero-order valence-corrected chi connectivity index (χ0v) is 17.2. The minimum absolute atomic E-state index is 0.171. The summed E-state index contributed by atoms with van der Waals surface area (Å²) in [5, 5.41) is 14.2. The SMILES string of the molecule is CC(C)(C)OC(=O)NC1=NC2(c3cc([N+](=O)[O-])ccc3F)CCCC2(C)CS1. The molecule has 1 aromatic carbocycles. The van der Waals surface area contributed by atoms with E-state index in [2.05, 4.69) is 5.32 Å². The predicted molar refractivity (Wildman–Crippen MR) is 106 cm³/mol. The van der Waals surface area contributed by atoms with Crippen molar-refractivity contribution in [1.82, 2.24) is 5.32 Å². The number of aliphatic imine (C=N–C) groups is 1. The molecule has 0 saturated heterocycles. The van der Waals surface area contributed by atoms with Crippen LogP contribution in [-0.2, 0) is 10.3 Å². The van der Waals surface area contributed by atoms with Crippen LogP contribution in [-0.4, -0.2) is 27.5 Å². The van der Waals surface area contributed by atoms with Crippen molar-refractivity contribution in [3.05, 3.63) is 39.7 Å². The molecule has 0 bridgehead atoms. The fourth-order valence-electron chi connectivity index (χ4n) is 3.98. The number of hydrogen-bond acceptors (Lipinski definition) is 6. The van der Waals surface area contributed by atoms with E-state index in [0.717, 1.165) is 25.0 Å². The van der Waals surface area contributed by atoms with Gasteiger partial charge in [-0.1, -0.05) is 18.7 Å². The highest BCUT2D eigenvalue weighted by molar-refractivity contribution is 8.13. The van der Waals surface area contributed by atoms with E-state index in [4.69, 9.17) is 9.73 Å². The summed E-state index contributed by atoms with van der Waals surface area (Å²) in [6.45, 7) is 7.31. The molecule has 1 aromatic rings. The van der Waals surface area contributed by atoms with Crippen LogP contribution in [0.2, 0.25) is 0 Å². The number of nitrogens with zero attached hydrogens (tertiary/aromatic N) is 2. The first kappa shape index (κ1) is 20.6. The zero-order chi connectivity index (χ0) is 20.7. The Morgan fingerprint density at radius 2 is 2.11 bits per heavy atom. The van der Waals surface area contributed by atoms with Gasteiger partial charge in [0, 0.05) is 28.9 Å². The Bertz CT molecular complexity index is 854. The van der Waals surface area contributed by atoms with Crippen LogP contribution in [0, 0.1) is 21.3 Å². The second-order valence-electron chi connectivity index (χ2n) is 8.53. The Kier molecular flexibility index (Phi) is 5.16. The average Bonchev–Trinajstić information content (AvgIpc) is 2.90. The van der Waals surface area contributed by atoms with Gasteiger partial charge in [0.15, 0.2) is 5.17 Å². The molecule has 2 unspecified atom stereocenters. The molecule has 3 rings (SSSR count). The third-order valence-corrected chi connectivity index (χ3v) is 6.55. The van der Waals surface area contributed by atoms with Crippen molar-refractivity contribution in [3.8, 4) is 0 Å². The molecule has 2 atom stereocenters. The summed E-state index contributed by atoms with van der Waals surface area (Å²) in [5.41, 5.74) is -1.94. The molecule has 9 heteroatoms. The molecule has 1 amide bonds. The van der Waals surface area contributed by atoms with Crippen molar-refractivity contribution in [1.29, 1.82) is 0 Å². The van der Waals surface area contributed by atoms with Crippen LogP contribution in [0.3, 0.4) is 0 Å². The highest BCUT2D eigenvalue weighted by Crippen LogP contribution is 2.59. The Morgan fingerprint density at radius 1 is 1.39 bits per heavy atom. The molecular formula is C19H24FN3O4S. The molecule has 0 aromatic heterocycles. The van der Waals surface area contributed by atoms with Crippen LogP contribution in [0.5, 0.6) is 0 Å². The zero-order valence-electron chi connectivity index (χ0n) is 16.4. The molecule has 1 heterocycles. The fourth-order valence-corrected chi connectivity index (χ4v) is 5.19. The maximum atomic E-state index is 14.8. The number of nitrogens with one attached hydrogen (secondary N) is 1. The van der Waals surface area contributed by atoms with Crippen LogP contribution < -0.4 is 5.32 Å².